The number of piperidine rings is 1. The lowest BCUT2D eigenvalue weighted by Gasteiger charge is -2.33. The van der Waals surface area contributed by atoms with Crippen LogP contribution in [0.5, 0.6) is 11.6 Å². The molecular weight excluding hydrogens is 405 g/mol. The number of halogens is 1. The number of anilines is 1. The zero-order valence-corrected chi connectivity index (χ0v) is 18.4. The zero-order valence-electron chi connectivity index (χ0n) is 18.4. The molecule has 0 radical (unpaired) electrons. The molecule has 0 spiro atoms. The summed E-state index contributed by atoms with van der Waals surface area (Å²) in [7, 11) is 0. The minimum absolute atomic E-state index is 0.285. The molecule has 0 amide bonds. The summed E-state index contributed by atoms with van der Waals surface area (Å²) in [6.45, 7) is 6.59. The maximum Gasteiger partial charge on any atom is 0.228 e. The van der Waals surface area contributed by atoms with Gasteiger partial charge in [-0.1, -0.05) is 13.0 Å². The average Bonchev–Trinajstić information content (AvgIpc) is 2.82. The molecule has 2 aliphatic rings. The zero-order chi connectivity index (χ0) is 21.9. The molecule has 0 aliphatic carbocycles. The first-order valence-electron chi connectivity index (χ1n) is 11.3. The topological polar surface area (TPSA) is 54.4 Å². The van der Waals surface area contributed by atoms with E-state index in [1.165, 1.54) is 12.1 Å². The summed E-state index contributed by atoms with van der Waals surface area (Å²) in [6, 6.07) is 12.1. The highest BCUT2D eigenvalue weighted by Gasteiger charge is 2.27. The predicted molar refractivity (Wildman–Crippen MR) is 121 cm³/mol. The van der Waals surface area contributed by atoms with Gasteiger partial charge in [-0.2, -0.15) is 4.98 Å². The van der Waals surface area contributed by atoms with Crippen LogP contribution in [0.2, 0.25) is 0 Å². The Morgan fingerprint density at radius 2 is 1.84 bits per heavy atom. The Bertz CT molecular complexity index is 1050. The molecule has 6 nitrogen and oxygen atoms in total. The van der Waals surface area contributed by atoms with Gasteiger partial charge < -0.3 is 9.64 Å². The smallest absolute Gasteiger partial charge is 0.228 e. The van der Waals surface area contributed by atoms with E-state index in [0.29, 0.717) is 18.2 Å². The number of rotatable bonds is 5. The van der Waals surface area contributed by atoms with Crippen LogP contribution in [0, 0.1) is 11.7 Å². The Morgan fingerprint density at radius 1 is 1.03 bits per heavy atom. The van der Waals surface area contributed by atoms with E-state index in [1.54, 1.807) is 12.1 Å². The van der Waals surface area contributed by atoms with E-state index in [0.717, 1.165) is 74.3 Å². The minimum Gasteiger partial charge on any atom is -0.438 e. The first kappa shape index (κ1) is 20.8. The molecular formula is C25H28FN5O. The van der Waals surface area contributed by atoms with Gasteiger partial charge in [0.05, 0.1) is 17.0 Å². The summed E-state index contributed by atoms with van der Waals surface area (Å²) >= 11 is 0. The Morgan fingerprint density at radius 3 is 2.59 bits per heavy atom. The van der Waals surface area contributed by atoms with Crippen molar-refractivity contribution >= 4 is 5.95 Å². The summed E-state index contributed by atoms with van der Waals surface area (Å²) in [5.41, 5.74) is 3.09. The van der Waals surface area contributed by atoms with E-state index in [1.807, 2.05) is 24.4 Å². The third kappa shape index (κ3) is 4.72. The summed E-state index contributed by atoms with van der Waals surface area (Å²) in [4.78, 5) is 18.9. The van der Waals surface area contributed by atoms with Gasteiger partial charge in [0.25, 0.3) is 0 Å². The molecule has 1 aromatic carbocycles. The second-order valence-corrected chi connectivity index (χ2v) is 8.76. The van der Waals surface area contributed by atoms with Crippen molar-refractivity contribution in [1.82, 2.24) is 19.9 Å². The molecule has 0 bridgehead atoms. The van der Waals surface area contributed by atoms with E-state index in [4.69, 9.17) is 14.7 Å². The molecule has 166 valence electrons. The molecule has 4 heterocycles. The Labute approximate surface area is 188 Å². The predicted octanol–water partition coefficient (Wildman–Crippen LogP) is 4.60. The fraction of sp³-hybridized carbons (Fsp3) is 0.400. The number of aromatic nitrogens is 3. The van der Waals surface area contributed by atoms with Crippen LogP contribution in [0.4, 0.5) is 10.3 Å². The van der Waals surface area contributed by atoms with Gasteiger partial charge in [0.15, 0.2) is 0 Å². The lowest BCUT2D eigenvalue weighted by atomic mass is 9.99. The third-order valence-corrected chi connectivity index (χ3v) is 6.30. The van der Waals surface area contributed by atoms with Crippen LogP contribution in [0.15, 0.2) is 48.7 Å². The summed E-state index contributed by atoms with van der Waals surface area (Å²) in [5.74, 6) is 2.34. The van der Waals surface area contributed by atoms with Crippen molar-refractivity contribution in [2.45, 2.75) is 39.3 Å². The molecule has 5 rings (SSSR count). The first-order chi connectivity index (χ1) is 15.6. The van der Waals surface area contributed by atoms with E-state index in [9.17, 15) is 4.39 Å². The molecule has 2 aliphatic heterocycles. The number of hydrogen-bond donors (Lipinski definition) is 0. The molecule has 7 heteroatoms. The monoisotopic (exact) mass is 433 g/mol. The van der Waals surface area contributed by atoms with Crippen LogP contribution in [0.1, 0.15) is 36.7 Å². The quantitative estimate of drug-likeness (QED) is 0.586. The molecule has 1 saturated heterocycles. The van der Waals surface area contributed by atoms with Crippen LogP contribution >= 0.6 is 0 Å². The number of benzene rings is 1. The summed E-state index contributed by atoms with van der Waals surface area (Å²) < 4.78 is 19.6. The van der Waals surface area contributed by atoms with Crippen molar-refractivity contribution in [3.8, 4) is 11.6 Å². The van der Waals surface area contributed by atoms with Crippen LogP contribution in [-0.4, -0.2) is 39.5 Å². The fourth-order valence-electron chi connectivity index (χ4n) is 4.33. The molecule has 2 aromatic heterocycles. The summed E-state index contributed by atoms with van der Waals surface area (Å²) in [6.07, 6.45) is 4.95. The number of pyridine rings is 1. The van der Waals surface area contributed by atoms with Crippen molar-refractivity contribution in [3.63, 3.8) is 0 Å². The molecule has 3 aromatic rings. The van der Waals surface area contributed by atoms with Gasteiger partial charge >= 0.3 is 0 Å². The Balaban J connectivity index is 1.44. The van der Waals surface area contributed by atoms with Gasteiger partial charge in [-0.25, -0.2) is 9.37 Å². The van der Waals surface area contributed by atoms with Crippen molar-refractivity contribution in [3.05, 3.63) is 71.4 Å². The van der Waals surface area contributed by atoms with Crippen LogP contribution < -0.4 is 9.64 Å². The minimum atomic E-state index is -0.285. The number of hydrogen-bond acceptors (Lipinski definition) is 6. The van der Waals surface area contributed by atoms with Crippen LogP contribution in [0.3, 0.4) is 0 Å². The molecule has 1 fully saturated rings. The molecule has 0 saturated carbocycles. The fourth-order valence-corrected chi connectivity index (χ4v) is 4.33. The summed E-state index contributed by atoms with van der Waals surface area (Å²) in [5, 5.41) is 0. The highest BCUT2D eigenvalue weighted by atomic mass is 19.1. The average molecular weight is 434 g/mol. The van der Waals surface area contributed by atoms with Crippen LogP contribution in [0.25, 0.3) is 0 Å². The molecule has 0 N–H and O–H groups in total. The van der Waals surface area contributed by atoms with E-state index in [-0.39, 0.29) is 5.82 Å². The third-order valence-electron chi connectivity index (χ3n) is 6.30. The Kier molecular flexibility index (Phi) is 5.99. The number of fused-ring (bicyclic) bond motifs is 1. The van der Waals surface area contributed by atoms with Crippen molar-refractivity contribution in [2.75, 3.05) is 24.5 Å². The first-order valence-corrected chi connectivity index (χ1v) is 11.3. The second kappa shape index (κ2) is 9.20. The number of nitrogens with zero attached hydrogens (tertiary/aromatic N) is 5. The molecule has 32 heavy (non-hydrogen) atoms. The van der Waals surface area contributed by atoms with Gasteiger partial charge in [-0.3, -0.25) is 9.88 Å². The van der Waals surface area contributed by atoms with Gasteiger partial charge in [0, 0.05) is 45.3 Å². The van der Waals surface area contributed by atoms with Crippen molar-refractivity contribution < 1.29 is 9.13 Å². The highest BCUT2D eigenvalue weighted by Crippen LogP contribution is 2.32. The van der Waals surface area contributed by atoms with E-state index >= 15 is 0 Å². The maximum atomic E-state index is 13.4. The van der Waals surface area contributed by atoms with Crippen molar-refractivity contribution in [2.24, 2.45) is 5.92 Å². The normalized spacial score (nSPS) is 17.2. The SMILES string of the molecule is CC1CCN(c2nc3c(c(Oc4ccc(F)cc4)n2)CN(Cc2ccccn2)CC3)CC1. The van der Waals surface area contributed by atoms with Gasteiger partial charge in [0.2, 0.25) is 11.8 Å². The van der Waals surface area contributed by atoms with E-state index in [2.05, 4.69) is 21.7 Å². The standard InChI is InChI=1S/C25H28FN5O/c1-18-9-14-31(15-10-18)25-28-23-11-13-30(16-20-4-2-3-12-27-20)17-22(23)24(29-25)32-21-7-5-19(26)6-8-21/h2-8,12,18H,9-11,13-17H2,1H3. The van der Waals surface area contributed by atoms with E-state index < -0.39 is 0 Å². The van der Waals surface area contributed by atoms with Crippen LogP contribution in [-0.2, 0) is 19.5 Å². The maximum absolute atomic E-state index is 13.4. The molecule has 0 unspecified atom stereocenters. The largest absolute Gasteiger partial charge is 0.438 e. The Hall–Kier alpha value is -3.06. The lowest BCUT2D eigenvalue weighted by Crippen LogP contribution is -2.36. The van der Waals surface area contributed by atoms with Gasteiger partial charge in [-0.05, 0) is 55.2 Å². The van der Waals surface area contributed by atoms with Gasteiger partial charge in [0.1, 0.15) is 11.6 Å². The molecule has 0 atom stereocenters. The lowest BCUT2D eigenvalue weighted by molar-refractivity contribution is 0.235. The second-order valence-electron chi connectivity index (χ2n) is 8.76. The van der Waals surface area contributed by atoms with Crippen molar-refractivity contribution in [1.29, 1.82) is 0 Å². The highest BCUT2D eigenvalue weighted by molar-refractivity contribution is 5.43. The van der Waals surface area contributed by atoms with Gasteiger partial charge in [-0.15, -0.1) is 0 Å². The number of ether oxygens (including phenoxy) is 1.